The zero-order valence-corrected chi connectivity index (χ0v) is 12.0. The first-order valence-electron chi connectivity index (χ1n) is 6.88. The number of amides is 1. The lowest BCUT2D eigenvalue weighted by atomic mass is 10.2. The monoisotopic (exact) mass is 307 g/mol. The summed E-state index contributed by atoms with van der Waals surface area (Å²) < 4.78 is 1.86. The van der Waals surface area contributed by atoms with E-state index < -0.39 is 5.97 Å². The Bertz CT molecular complexity index is 912. The summed E-state index contributed by atoms with van der Waals surface area (Å²) in [4.78, 5) is 27.1. The van der Waals surface area contributed by atoms with Crippen LogP contribution >= 0.6 is 0 Å². The van der Waals surface area contributed by atoms with Gasteiger partial charge in [-0.25, -0.2) is 9.78 Å². The lowest BCUT2D eigenvalue weighted by Crippen LogP contribution is -2.08. The van der Waals surface area contributed by atoms with Gasteiger partial charge in [-0.2, -0.15) is 0 Å². The third-order valence-corrected chi connectivity index (χ3v) is 3.23. The van der Waals surface area contributed by atoms with Crippen molar-refractivity contribution >= 4 is 29.3 Å². The molecule has 1 amide bonds. The molecular formula is C17H13N3O3. The second-order valence-electron chi connectivity index (χ2n) is 4.82. The summed E-state index contributed by atoms with van der Waals surface area (Å²) in [5, 5.41) is 11.6. The van der Waals surface area contributed by atoms with E-state index in [2.05, 4.69) is 10.3 Å². The Balaban J connectivity index is 1.74. The molecule has 0 aliphatic rings. The summed E-state index contributed by atoms with van der Waals surface area (Å²) in [7, 11) is 0. The standard InChI is InChI=1S/C17H13N3O3/c21-16(19-13-5-3-4-12(10-13)17(22)23)8-7-14-11-18-15-6-1-2-9-20(14)15/h1-11H,(H,19,21)(H,22,23)/b8-7+. The molecule has 0 unspecified atom stereocenters. The van der Waals surface area contributed by atoms with Crippen molar-refractivity contribution < 1.29 is 14.7 Å². The number of nitrogens with one attached hydrogen (secondary N) is 1. The molecule has 3 aromatic rings. The van der Waals surface area contributed by atoms with Gasteiger partial charge in [-0.3, -0.25) is 4.79 Å². The van der Waals surface area contributed by atoms with E-state index in [1.807, 2.05) is 28.8 Å². The number of carboxylic acids is 1. The number of imidazole rings is 1. The summed E-state index contributed by atoms with van der Waals surface area (Å²) in [6.07, 6.45) is 6.56. The SMILES string of the molecule is O=C(/C=C/c1cnc2ccccn12)Nc1cccc(C(=O)O)c1. The number of anilines is 1. The van der Waals surface area contributed by atoms with Gasteiger partial charge in [-0.05, 0) is 36.4 Å². The van der Waals surface area contributed by atoms with E-state index in [1.165, 1.54) is 18.2 Å². The molecule has 0 aliphatic carbocycles. The third kappa shape index (κ3) is 3.26. The Labute approximate surface area is 131 Å². The van der Waals surface area contributed by atoms with Crippen LogP contribution in [0, 0.1) is 0 Å². The zero-order chi connectivity index (χ0) is 16.2. The van der Waals surface area contributed by atoms with Crippen molar-refractivity contribution in [3.05, 3.63) is 72.2 Å². The van der Waals surface area contributed by atoms with Crippen molar-refractivity contribution in [1.82, 2.24) is 9.38 Å². The minimum absolute atomic E-state index is 0.119. The van der Waals surface area contributed by atoms with Gasteiger partial charge in [0.2, 0.25) is 5.91 Å². The molecule has 114 valence electrons. The van der Waals surface area contributed by atoms with Crippen LogP contribution < -0.4 is 5.32 Å². The van der Waals surface area contributed by atoms with Crippen molar-refractivity contribution in [2.75, 3.05) is 5.32 Å². The van der Waals surface area contributed by atoms with Crippen molar-refractivity contribution in [1.29, 1.82) is 0 Å². The van der Waals surface area contributed by atoms with E-state index >= 15 is 0 Å². The fraction of sp³-hybridized carbons (Fsp3) is 0. The lowest BCUT2D eigenvalue weighted by molar-refractivity contribution is -0.111. The smallest absolute Gasteiger partial charge is 0.335 e. The minimum atomic E-state index is -1.04. The number of rotatable bonds is 4. The normalized spacial score (nSPS) is 11.0. The quantitative estimate of drug-likeness (QED) is 0.726. The van der Waals surface area contributed by atoms with Crippen LogP contribution in [0.25, 0.3) is 11.7 Å². The number of aromatic nitrogens is 2. The van der Waals surface area contributed by atoms with Crippen LogP contribution in [0.3, 0.4) is 0 Å². The Morgan fingerprint density at radius 3 is 2.87 bits per heavy atom. The minimum Gasteiger partial charge on any atom is -0.478 e. The maximum Gasteiger partial charge on any atom is 0.335 e. The Hall–Kier alpha value is -3.41. The zero-order valence-electron chi connectivity index (χ0n) is 12.0. The molecule has 0 spiro atoms. The molecule has 6 heteroatoms. The van der Waals surface area contributed by atoms with Crippen LogP contribution in [0.4, 0.5) is 5.69 Å². The highest BCUT2D eigenvalue weighted by molar-refractivity contribution is 6.02. The highest BCUT2D eigenvalue weighted by Gasteiger charge is 2.05. The molecule has 6 nitrogen and oxygen atoms in total. The fourth-order valence-electron chi connectivity index (χ4n) is 2.15. The summed E-state index contributed by atoms with van der Waals surface area (Å²) in [5.41, 5.74) is 2.11. The van der Waals surface area contributed by atoms with E-state index in [1.54, 1.807) is 24.4 Å². The summed E-state index contributed by atoms with van der Waals surface area (Å²) in [6, 6.07) is 11.7. The Morgan fingerprint density at radius 2 is 2.04 bits per heavy atom. The lowest BCUT2D eigenvalue weighted by Gasteiger charge is -2.03. The molecule has 0 aliphatic heterocycles. The van der Waals surface area contributed by atoms with Crippen LogP contribution in [0.15, 0.2) is 60.9 Å². The third-order valence-electron chi connectivity index (χ3n) is 3.23. The molecule has 2 aromatic heterocycles. The van der Waals surface area contributed by atoms with E-state index in [4.69, 9.17) is 5.11 Å². The predicted octanol–water partition coefficient (Wildman–Crippen LogP) is 2.68. The van der Waals surface area contributed by atoms with Crippen molar-refractivity contribution in [2.24, 2.45) is 0 Å². The van der Waals surface area contributed by atoms with Crippen LogP contribution in [0.1, 0.15) is 16.1 Å². The van der Waals surface area contributed by atoms with Crippen LogP contribution in [0.2, 0.25) is 0 Å². The van der Waals surface area contributed by atoms with Gasteiger partial charge in [-0.1, -0.05) is 12.1 Å². The molecule has 0 atom stereocenters. The molecule has 0 saturated carbocycles. The van der Waals surface area contributed by atoms with Gasteiger partial charge in [0.1, 0.15) is 5.65 Å². The topological polar surface area (TPSA) is 83.7 Å². The van der Waals surface area contributed by atoms with Gasteiger partial charge >= 0.3 is 5.97 Å². The van der Waals surface area contributed by atoms with Crippen LogP contribution in [-0.4, -0.2) is 26.4 Å². The van der Waals surface area contributed by atoms with E-state index in [0.29, 0.717) is 5.69 Å². The van der Waals surface area contributed by atoms with Crippen LogP contribution in [0.5, 0.6) is 0 Å². The number of benzene rings is 1. The van der Waals surface area contributed by atoms with E-state index in [0.717, 1.165) is 11.3 Å². The first kappa shape index (κ1) is 14.5. The number of aromatic carboxylic acids is 1. The van der Waals surface area contributed by atoms with E-state index in [9.17, 15) is 9.59 Å². The van der Waals surface area contributed by atoms with Crippen LogP contribution in [-0.2, 0) is 4.79 Å². The van der Waals surface area contributed by atoms with Crippen molar-refractivity contribution in [3.63, 3.8) is 0 Å². The molecule has 0 radical (unpaired) electrons. The molecular weight excluding hydrogens is 294 g/mol. The second kappa shape index (κ2) is 6.15. The predicted molar refractivity (Wildman–Crippen MR) is 86.3 cm³/mol. The fourth-order valence-corrected chi connectivity index (χ4v) is 2.15. The van der Waals surface area contributed by atoms with Gasteiger partial charge in [0.25, 0.3) is 0 Å². The molecule has 1 aromatic carbocycles. The molecule has 23 heavy (non-hydrogen) atoms. The number of pyridine rings is 1. The second-order valence-corrected chi connectivity index (χ2v) is 4.82. The summed E-state index contributed by atoms with van der Waals surface area (Å²) in [6.45, 7) is 0. The number of hydrogen-bond acceptors (Lipinski definition) is 3. The average molecular weight is 307 g/mol. The van der Waals surface area contributed by atoms with Crippen molar-refractivity contribution in [2.45, 2.75) is 0 Å². The highest BCUT2D eigenvalue weighted by Crippen LogP contribution is 2.11. The number of carbonyl (C=O) groups is 2. The maximum absolute atomic E-state index is 11.9. The number of fused-ring (bicyclic) bond motifs is 1. The molecule has 0 saturated heterocycles. The number of hydrogen-bond donors (Lipinski definition) is 2. The molecule has 0 fully saturated rings. The molecule has 2 heterocycles. The average Bonchev–Trinajstić information content (AvgIpc) is 2.96. The van der Waals surface area contributed by atoms with Crippen molar-refractivity contribution in [3.8, 4) is 0 Å². The van der Waals surface area contributed by atoms with Gasteiger partial charge < -0.3 is 14.8 Å². The first-order valence-corrected chi connectivity index (χ1v) is 6.88. The first-order chi connectivity index (χ1) is 11.1. The highest BCUT2D eigenvalue weighted by atomic mass is 16.4. The molecule has 2 N–H and O–H groups in total. The molecule has 3 rings (SSSR count). The number of carbonyl (C=O) groups excluding carboxylic acids is 1. The Kier molecular flexibility index (Phi) is 3.88. The van der Waals surface area contributed by atoms with Gasteiger partial charge in [0.15, 0.2) is 0 Å². The maximum atomic E-state index is 11.9. The summed E-state index contributed by atoms with van der Waals surface area (Å²) in [5.74, 6) is -1.39. The number of nitrogens with zero attached hydrogens (tertiary/aromatic N) is 2. The van der Waals surface area contributed by atoms with Gasteiger partial charge in [0, 0.05) is 18.0 Å². The van der Waals surface area contributed by atoms with Gasteiger partial charge in [-0.15, -0.1) is 0 Å². The Morgan fingerprint density at radius 1 is 1.17 bits per heavy atom. The molecule has 0 bridgehead atoms. The van der Waals surface area contributed by atoms with E-state index in [-0.39, 0.29) is 11.5 Å². The summed E-state index contributed by atoms with van der Waals surface area (Å²) >= 11 is 0. The number of carboxylic acid groups (broad SMARTS) is 1. The largest absolute Gasteiger partial charge is 0.478 e. The van der Waals surface area contributed by atoms with Gasteiger partial charge in [0.05, 0.1) is 17.5 Å².